The van der Waals surface area contributed by atoms with Crippen molar-refractivity contribution in [2.75, 3.05) is 5.32 Å². The molecule has 4 nitrogen and oxygen atoms in total. The summed E-state index contributed by atoms with van der Waals surface area (Å²) in [6.45, 7) is 0. The van der Waals surface area contributed by atoms with Crippen LogP contribution in [0.15, 0.2) is 54.4 Å². The molecule has 2 aromatic rings. The van der Waals surface area contributed by atoms with Gasteiger partial charge in [-0.3, -0.25) is 9.78 Å². The Labute approximate surface area is 122 Å². The van der Waals surface area contributed by atoms with Gasteiger partial charge in [0.1, 0.15) is 11.6 Å². The number of carbonyl (C=O) groups excluding carboxylic acids is 1. The third kappa shape index (κ3) is 3.79. The summed E-state index contributed by atoms with van der Waals surface area (Å²) in [5.41, 5.74) is 2.07. The lowest BCUT2D eigenvalue weighted by molar-refractivity contribution is -0.112. The van der Waals surface area contributed by atoms with Gasteiger partial charge in [0.2, 0.25) is 0 Å². The Morgan fingerprint density at radius 3 is 2.43 bits per heavy atom. The fourth-order valence-corrected chi connectivity index (χ4v) is 1.62. The van der Waals surface area contributed by atoms with E-state index in [1.807, 2.05) is 6.07 Å². The molecule has 0 aliphatic heterocycles. The molecule has 0 saturated carbocycles. The van der Waals surface area contributed by atoms with Gasteiger partial charge in [-0.05, 0) is 35.9 Å². The monoisotopic (exact) mass is 273 g/mol. The number of nitriles is 1. The molecule has 4 heteroatoms. The smallest absolute Gasteiger partial charge is 0.266 e. The minimum absolute atomic E-state index is 0.0141. The molecule has 0 spiro atoms. The summed E-state index contributed by atoms with van der Waals surface area (Å²) in [7, 11) is 0. The molecular weight excluding hydrogens is 262 g/mol. The second kappa shape index (κ2) is 6.70. The number of hydrogen-bond acceptors (Lipinski definition) is 3. The molecule has 0 aliphatic carbocycles. The lowest BCUT2D eigenvalue weighted by atomic mass is 10.1. The highest BCUT2D eigenvalue weighted by molar-refractivity contribution is 6.09. The zero-order chi connectivity index (χ0) is 15.1. The maximum atomic E-state index is 12.0. The van der Waals surface area contributed by atoms with Crippen molar-refractivity contribution in [3.05, 3.63) is 65.5 Å². The van der Waals surface area contributed by atoms with E-state index in [2.05, 4.69) is 16.2 Å². The molecule has 0 atom stereocenters. The van der Waals surface area contributed by atoms with Crippen molar-refractivity contribution in [1.82, 2.24) is 4.98 Å². The van der Waals surface area contributed by atoms with Gasteiger partial charge in [0.25, 0.3) is 5.91 Å². The van der Waals surface area contributed by atoms with Crippen LogP contribution in [0.3, 0.4) is 0 Å². The summed E-state index contributed by atoms with van der Waals surface area (Å²) in [4.78, 5) is 15.9. The predicted octanol–water partition coefficient (Wildman–Crippen LogP) is 2.61. The number of benzene rings is 1. The number of rotatable bonds is 3. The summed E-state index contributed by atoms with van der Waals surface area (Å²) in [5.74, 6) is 2.04. The zero-order valence-electron chi connectivity index (χ0n) is 11.1. The van der Waals surface area contributed by atoms with Gasteiger partial charge in [-0.2, -0.15) is 5.26 Å². The highest BCUT2D eigenvalue weighted by Crippen LogP contribution is 2.11. The van der Waals surface area contributed by atoms with E-state index in [1.165, 1.54) is 6.08 Å². The molecule has 21 heavy (non-hydrogen) atoms. The highest BCUT2D eigenvalue weighted by atomic mass is 16.1. The molecule has 0 unspecified atom stereocenters. The average molecular weight is 273 g/mol. The quantitative estimate of drug-likeness (QED) is 0.531. The number of aromatic nitrogens is 1. The van der Waals surface area contributed by atoms with Crippen LogP contribution in [-0.4, -0.2) is 10.9 Å². The molecule has 100 valence electrons. The van der Waals surface area contributed by atoms with Crippen LogP contribution < -0.4 is 5.32 Å². The van der Waals surface area contributed by atoms with E-state index in [9.17, 15) is 4.79 Å². The van der Waals surface area contributed by atoms with Gasteiger partial charge in [0.15, 0.2) is 0 Å². The highest BCUT2D eigenvalue weighted by Gasteiger charge is 2.09. The summed E-state index contributed by atoms with van der Waals surface area (Å²) in [5, 5.41) is 11.7. The fraction of sp³-hybridized carbons (Fsp3) is 0. The van der Waals surface area contributed by atoms with Gasteiger partial charge < -0.3 is 5.32 Å². The molecular formula is C17H11N3O. The minimum Gasteiger partial charge on any atom is -0.321 e. The largest absolute Gasteiger partial charge is 0.321 e. The van der Waals surface area contributed by atoms with E-state index in [1.54, 1.807) is 48.8 Å². The van der Waals surface area contributed by atoms with Crippen molar-refractivity contribution >= 4 is 17.7 Å². The normalized spacial score (nSPS) is 10.3. The Hall–Kier alpha value is -3.37. The maximum Gasteiger partial charge on any atom is 0.266 e. The molecule has 0 saturated heterocycles. The predicted molar refractivity (Wildman–Crippen MR) is 80.8 cm³/mol. The first-order valence-electron chi connectivity index (χ1n) is 6.13. The van der Waals surface area contributed by atoms with Crippen LogP contribution >= 0.6 is 0 Å². The first-order chi connectivity index (χ1) is 10.2. The third-order valence-corrected chi connectivity index (χ3v) is 2.69. The van der Waals surface area contributed by atoms with E-state index in [0.717, 1.165) is 11.1 Å². The second-order valence-electron chi connectivity index (χ2n) is 4.13. The number of terminal acetylenes is 1. The molecule has 0 bridgehead atoms. The van der Waals surface area contributed by atoms with Gasteiger partial charge in [-0.25, -0.2) is 0 Å². The van der Waals surface area contributed by atoms with Crippen LogP contribution in [0.5, 0.6) is 0 Å². The van der Waals surface area contributed by atoms with Crippen molar-refractivity contribution in [2.24, 2.45) is 0 Å². The summed E-state index contributed by atoms with van der Waals surface area (Å²) in [6.07, 6.45) is 9.90. The van der Waals surface area contributed by atoms with Gasteiger partial charge >= 0.3 is 0 Å². The van der Waals surface area contributed by atoms with Crippen LogP contribution in [0.1, 0.15) is 11.1 Å². The third-order valence-electron chi connectivity index (χ3n) is 2.69. The standard InChI is InChI=1S/C17H11N3O/c1-2-13-3-5-14(6-4-13)11-15(12-18)17(21)20-16-7-9-19-10-8-16/h1,3-11H,(H,19,20,21)/b15-11-. The molecule has 0 radical (unpaired) electrons. The van der Waals surface area contributed by atoms with Gasteiger partial charge in [-0.15, -0.1) is 6.42 Å². The first-order valence-corrected chi connectivity index (χ1v) is 6.13. The Morgan fingerprint density at radius 1 is 1.19 bits per heavy atom. The zero-order valence-corrected chi connectivity index (χ0v) is 11.1. The Balaban J connectivity index is 2.18. The molecule has 1 aromatic heterocycles. The number of nitrogens with zero attached hydrogens (tertiary/aromatic N) is 2. The number of amides is 1. The first kappa shape index (κ1) is 14.0. The molecule has 1 amide bonds. The van der Waals surface area contributed by atoms with Crippen LogP contribution in [0.4, 0.5) is 5.69 Å². The van der Waals surface area contributed by atoms with Crippen LogP contribution in [0, 0.1) is 23.7 Å². The topological polar surface area (TPSA) is 65.8 Å². The number of nitrogens with one attached hydrogen (secondary N) is 1. The summed E-state index contributed by atoms with van der Waals surface area (Å²) < 4.78 is 0. The van der Waals surface area contributed by atoms with Crippen LogP contribution in [0.2, 0.25) is 0 Å². The molecule has 1 aromatic carbocycles. The average Bonchev–Trinajstić information content (AvgIpc) is 2.54. The van der Waals surface area contributed by atoms with Gasteiger partial charge in [-0.1, -0.05) is 18.1 Å². The van der Waals surface area contributed by atoms with E-state index < -0.39 is 5.91 Å². The molecule has 0 fully saturated rings. The molecule has 1 N–H and O–H groups in total. The minimum atomic E-state index is -0.468. The Bertz CT molecular complexity index is 747. The van der Waals surface area contributed by atoms with Gasteiger partial charge in [0.05, 0.1) is 0 Å². The van der Waals surface area contributed by atoms with E-state index in [0.29, 0.717) is 5.69 Å². The van der Waals surface area contributed by atoms with Crippen LogP contribution in [-0.2, 0) is 4.79 Å². The van der Waals surface area contributed by atoms with Crippen molar-refractivity contribution in [3.63, 3.8) is 0 Å². The van der Waals surface area contributed by atoms with Gasteiger partial charge in [0, 0.05) is 23.6 Å². The van der Waals surface area contributed by atoms with Crippen molar-refractivity contribution in [2.45, 2.75) is 0 Å². The Kier molecular flexibility index (Phi) is 4.48. The number of hydrogen-bond donors (Lipinski definition) is 1. The van der Waals surface area contributed by atoms with E-state index >= 15 is 0 Å². The summed E-state index contributed by atoms with van der Waals surface area (Å²) >= 11 is 0. The summed E-state index contributed by atoms with van der Waals surface area (Å²) in [6, 6.07) is 12.2. The lowest BCUT2D eigenvalue weighted by Crippen LogP contribution is -2.13. The van der Waals surface area contributed by atoms with Crippen molar-refractivity contribution in [1.29, 1.82) is 5.26 Å². The molecule has 0 aliphatic rings. The number of pyridine rings is 1. The van der Waals surface area contributed by atoms with E-state index in [4.69, 9.17) is 11.7 Å². The van der Waals surface area contributed by atoms with E-state index in [-0.39, 0.29) is 5.57 Å². The molecule has 2 rings (SSSR count). The lowest BCUT2D eigenvalue weighted by Gasteiger charge is -2.03. The maximum absolute atomic E-state index is 12.0. The van der Waals surface area contributed by atoms with Crippen LogP contribution in [0.25, 0.3) is 6.08 Å². The number of carbonyl (C=O) groups is 1. The fourth-order valence-electron chi connectivity index (χ4n) is 1.62. The van der Waals surface area contributed by atoms with Crippen molar-refractivity contribution < 1.29 is 4.79 Å². The molecule has 1 heterocycles. The Morgan fingerprint density at radius 2 is 1.86 bits per heavy atom. The second-order valence-corrected chi connectivity index (χ2v) is 4.13. The SMILES string of the molecule is C#Cc1ccc(/C=C(/C#N)C(=O)Nc2ccncc2)cc1. The van der Waals surface area contributed by atoms with Crippen molar-refractivity contribution in [3.8, 4) is 18.4 Å². The number of anilines is 1.